The van der Waals surface area contributed by atoms with Crippen molar-refractivity contribution in [3.8, 4) is 0 Å². The lowest BCUT2D eigenvalue weighted by Crippen LogP contribution is -2.40. The van der Waals surface area contributed by atoms with Crippen LogP contribution in [0.25, 0.3) is 0 Å². The number of benzene rings is 1. The van der Waals surface area contributed by atoms with Gasteiger partial charge in [-0.05, 0) is 50.5 Å². The van der Waals surface area contributed by atoms with Crippen LogP contribution in [-0.2, 0) is 13.2 Å². The van der Waals surface area contributed by atoms with Gasteiger partial charge in [0.05, 0.1) is 6.61 Å². The number of likely N-dealkylation sites (tertiary alicyclic amines) is 1. The Morgan fingerprint density at radius 2 is 1.95 bits per heavy atom. The molecule has 106 valence electrons. The van der Waals surface area contributed by atoms with Crippen molar-refractivity contribution in [2.24, 2.45) is 0 Å². The van der Waals surface area contributed by atoms with Crippen molar-refractivity contribution in [2.75, 3.05) is 20.1 Å². The Labute approximate surface area is 116 Å². The zero-order chi connectivity index (χ0) is 13.5. The van der Waals surface area contributed by atoms with Crippen LogP contribution in [0.15, 0.2) is 24.3 Å². The van der Waals surface area contributed by atoms with Crippen LogP contribution < -0.4 is 5.32 Å². The molecule has 3 heteroatoms. The van der Waals surface area contributed by atoms with Gasteiger partial charge in [0.1, 0.15) is 0 Å². The Morgan fingerprint density at radius 3 is 2.63 bits per heavy atom. The van der Waals surface area contributed by atoms with Crippen molar-refractivity contribution in [2.45, 2.75) is 44.9 Å². The molecule has 1 saturated heterocycles. The molecule has 2 N–H and O–H groups in total. The summed E-state index contributed by atoms with van der Waals surface area (Å²) in [6, 6.07) is 9.08. The van der Waals surface area contributed by atoms with E-state index in [4.69, 9.17) is 5.11 Å². The van der Waals surface area contributed by atoms with Gasteiger partial charge < -0.3 is 10.4 Å². The van der Waals surface area contributed by atoms with Gasteiger partial charge in [-0.2, -0.15) is 0 Å². The van der Waals surface area contributed by atoms with Crippen LogP contribution in [0, 0.1) is 0 Å². The molecule has 1 fully saturated rings. The standard InChI is InChI=1S/C16H26N2O/c1-17-10-9-16-4-2-3-11-18(16)12-14-5-7-15(13-19)8-6-14/h5-8,16-17,19H,2-4,9-13H2,1H3. The van der Waals surface area contributed by atoms with E-state index in [2.05, 4.69) is 22.3 Å². The van der Waals surface area contributed by atoms with E-state index in [0.29, 0.717) is 0 Å². The highest BCUT2D eigenvalue weighted by molar-refractivity contribution is 5.22. The number of hydrogen-bond donors (Lipinski definition) is 2. The third-order valence-electron chi connectivity index (χ3n) is 4.07. The average molecular weight is 262 g/mol. The van der Waals surface area contributed by atoms with Crippen LogP contribution in [0.2, 0.25) is 0 Å². The van der Waals surface area contributed by atoms with E-state index in [9.17, 15) is 0 Å². The second-order valence-corrected chi connectivity index (χ2v) is 5.49. The molecule has 19 heavy (non-hydrogen) atoms. The molecule has 1 heterocycles. The second kappa shape index (κ2) is 7.63. The van der Waals surface area contributed by atoms with Crippen molar-refractivity contribution in [3.05, 3.63) is 35.4 Å². The fourth-order valence-electron chi connectivity index (χ4n) is 2.89. The minimum atomic E-state index is 0.134. The van der Waals surface area contributed by atoms with E-state index in [-0.39, 0.29) is 6.61 Å². The molecule has 1 aliphatic rings. The molecular weight excluding hydrogens is 236 g/mol. The summed E-state index contributed by atoms with van der Waals surface area (Å²) in [6.45, 7) is 3.50. The van der Waals surface area contributed by atoms with Gasteiger partial charge in [0, 0.05) is 12.6 Å². The first-order valence-electron chi connectivity index (χ1n) is 7.41. The third-order valence-corrected chi connectivity index (χ3v) is 4.07. The van der Waals surface area contributed by atoms with Crippen molar-refractivity contribution in [1.82, 2.24) is 10.2 Å². The molecule has 1 aromatic carbocycles. The first-order chi connectivity index (χ1) is 9.33. The predicted octanol–water partition coefficient (Wildman–Crippen LogP) is 2.14. The van der Waals surface area contributed by atoms with Gasteiger partial charge in [0.25, 0.3) is 0 Å². The molecule has 1 unspecified atom stereocenters. The summed E-state index contributed by atoms with van der Waals surface area (Å²) in [5, 5.41) is 12.3. The average Bonchev–Trinajstić information content (AvgIpc) is 2.47. The van der Waals surface area contributed by atoms with Crippen LogP contribution in [-0.4, -0.2) is 36.2 Å². The molecular formula is C16H26N2O. The zero-order valence-corrected chi connectivity index (χ0v) is 11.9. The lowest BCUT2D eigenvalue weighted by molar-refractivity contribution is 0.132. The van der Waals surface area contributed by atoms with Crippen LogP contribution in [0.1, 0.15) is 36.8 Å². The Kier molecular flexibility index (Phi) is 5.83. The maximum absolute atomic E-state index is 9.07. The lowest BCUT2D eigenvalue weighted by atomic mass is 9.98. The summed E-state index contributed by atoms with van der Waals surface area (Å²) >= 11 is 0. The van der Waals surface area contributed by atoms with Crippen LogP contribution in [0.5, 0.6) is 0 Å². The minimum absolute atomic E-state index is 0.134. The lowest BCUT2D eigenvalue weighted by Gasteiger charge is -2.36. The molecule has 1 aliphatic heterocycles. The van der Waals surface area contributed by atoms with E-state index in [1.807, 2.05) is 19.2 Å². The van der Waals surface area contributed by atoms with Gasteiger partial charge in [-0.3, -0.25) is 4.90 Å². The molecule has 0 aliphatic carbocycles. The summed E-state index contributed by atoms with van der Waals surface area (Å²) in [7, 11) is 2.03. The molecule has 0 bridgehead atoms. The smallest absolute Gasteiger partial charge is 0.0681 e. The number of aliphatic hydroxyl groups excluding tert-OH is 1. The van der Waals surface area contributed by atoms with Crippen molar-refractivity contribution >= 4 is 0 Å². The highest BCUT2D eigenvalue weighted by Crippen LogP contribution is 2.21. The number of aliphatic hydroxyl groups is 1. The number of hydrogen-bond acceptors (Lipinski definition) is 3. The Balaban J connectivity index is 1.93. The van der Waals surface area contributed by atoms with Gasteiger partial charge >= 0.3 is 0 Å². The number of nitrogens with zero attached hydrogens (tertiary/aromatic N) is 1. The quantitative estimate of drug-likeness (QED) is 0.824. The Morgan fingerprint density at radius 1 is 1.21 bits per heavy atom. The highest BCUT2D eigenvalue weighted by atomic mass is 16.3. The van der Waals surface area contributed by atoms with E-state index in [1.54, 1.807) is 0 Å². The van der Waals surface area contributed by atoms with E-state index in [1.165, 1.54) is 37.8 Å². The molecule has 0 radical (unpaired) electrons. The normalized spacial score (nSPS) is 20.6. The molecule has 0 amide bonds. The monoisotopic (exact) mass is 262 g/mol. The molecule has 1 atom stereocenters. The minimum Gasteiger partial charge on any atom is -0.392 e. The summed E-state index contributed by atoms with van der Waals surface area (Å²) in [5.74, 6) is 0. The third kappa shape index (κ3) is 4.30. The van der Waals surface area contributed by atoms with Gasteiger partial charge in [-0.25, -0.2) is 0 Å². The second-order valence-electron chi connectivity index (χ2n) is 5.49. The highest BCUT2D eigenvalue weighted by Gasteiger charge is 2.21. The topological polar surface area (TPSA) is 35.5 Å². The van der Waals surface area contributed by atoms with Crippen molar-refractivity contribution in [1.29, 1.82) is 0 Å². The first kappa shape index (κ1) is 14.5. The van der Waals surface area contributed by atoms with Crippen LogP contribution >= 0.6 is 0 Å². The van der Waals surface area contributed by atoms with E-state index < -0.39 is 0 Å². The Bertz CT molecular complexity index is 364. The van der Waals surface area contributed by atoms with Crippen LogP contribution in [0.3, 0.4) is 0 Å². The maximum atomic E-state index is 9.07. The van der Waals surface area contributed by atoms with Gasteiger partial charge in [-0.1, -0.05) is 30.7 Å². The van der Waals surface area contributed by atoms with Crippen molar-refractivity contribution in [3.63, 3.8) is 0 Å². The summed E-state index contributed by atoms with van der Waals surface area (Å²) in [4.78, 5) is 2.62. The molecule has 3 nitrogen and oxygen atoms in total. The summed E-state index contributed by atoms with van der Waals surface area (Å²) in [6.07, 6.45) is 5.26. The Hall–Kier alpha value is -0.900. The summed E-state index contributed by atoms with van der Waals surface area (Å²) in [5.41, 5.74) is 2.35. The van der Waals surface area contributed by atoms with E-state index in [0.717, 1.165) is 24.7 Å². The number of rotatable bonds is 6. The zero-order valence-electron chi connectivity index (χ0n) is 11.9. The predicted molar refractivity (Wildman–Crippen MR) is 79.0 cm³/mol. The maximum Gasteiger partial charge on any atom is 0.0681 e. The van der Waals surface area contributed by atoms with E-state index >= 15 is 0 Å². The summed E-state index contributed by atoms with van der Waals surface area (Å²) < 4.78 is 0. The molecule has 2 rings (SSSR count). The molecule has 0 saturated carbocycles. The number of nitrogens with one attached hydrogen (secondary N) is 1. The van der Waals surface area contributed by atoms with Gasteiger partial charge in [-0.15, -0.1) is 0 Å². The molecule has 0 aromatic heterocycles. The van der Waals surface area contributed by atoms with Gasteiger partial charge in [0.2, 0.25) is 0 Å². The van der Waals surface area contributed by atoms with Crippen LogP contribution in [0.4, 0.5) is 0 Å². The fraction of sp³-hybridized carbons (Fsp3) is 0.625. The molecule has 0 spiro atoms. The fourth-order valence-corrected chi connectivity index (χ4v) is 2.89. The molecule has 1 aromatic rings. The first-order valence-corrected chi connectivity index (χ1v) is 7.41. The van der Waals surface area contributed by atoms with Crippen molar-refractivity contribution < 1.29 is 5.11 Å². The van der Waals surface area contributed by atoms with Gasteiger partial charge in [0.15, 0.2) is 0 Å². The number of piperidine rings is 1. The largest absolute Gasteiger partial charge is 0.392 e. The SMILES string of the molecule is CNCCC1CCCCN1Cc1ccc(CO)cc1.